The highest BCUT2D eigenvalue weighted by atomic mass is 19.3. The van der Waals surface area contributed by atoms with Crippen molar-refractivity contribution in [3.05, 3.63) is 29.8 Å². The number of halogens is 2. The maximum atomic E-state index is 12.2. The monoisotopic (exact) mass is 257 g/mol. The molecule has 0 heterocycles. The van der Waals surface area contributed by atoms with Crippen molar-refractivity contribution < 1.29 is 13.5 Å². The van der Waals surface area contributed by atoms with Gasteiger partial charge in [-0.1, -0.05) is 18.2 Å². The number of nitrogens with zero attached hydrogens (tertiary/aromatic N) is 1. The molecule has 0 unspecified atom stereocenters. The van der Waals surface area contributed by atoms with E-state index in [0.29, 0.717) is 18.1 Å². The number of nitrogens with one attached hydrogen (secondary N) is 2. The Morgan fingerprint density at radius 3 is 2.67 bits per heavy atom. The van der Waals surface area contributed by atoms with Gasteiger partial charge in [-0.2, -0.15) is 8.78 Å². The molecular formula is C12H17F2N3O. The standard InChI is InChI=1S/C12H17F2N3O/c1-3-16-12(15-2)17-8-9-6-4-5-7-10(9)18-11(13)14/h4-7,11H,3,8H2,1-2H3,(H2,15,16,17). The van der Waals surface area contributed by atoms with Crippen LogP contribution in [0.2, 0.25) is 0 Å². The second kappa shape index (κ2) is 7.47. The lowest BCUT2D eigenvalue weighted by Crippen LogP contribution is -2.36. The van der Waals surface area contributed by atoms with E-state index < -0.39 is 6.61 Å². The molecule has 0 aliphatic carbocycles. The lowest BCUT2D eigenvalue weighted by Gasteiger charge is -2.13. The van der Waals surface area contributed by atoms with Crippen LogP contribution in [0.15, 0.2) is 29.3 Å². The molecule has 0 aliphatic rings. The minimum Gasteiger partial charge on any atom is -0.434 e. The van der Waals surface area contributed by atoms with E-state index in [1.54, 1.807) is 25.2 Å². The number of guanidine groups is 1. The minimum atomic E-state index is -2.82. The van der Waals surface area contributed by atoms with Gasteiger partial charge in [0.05, 0.1) is 0 Å². The fourth-order valence-corrected chi connectivity index (χ4v) is 1.43. The first kappa shape index (κ1) is 14.2. The Morgan fingerprint density at radius 1 is 1.33 bits per heavy atom. The van der Waals surface area contributed by atoms with Gasteiger partial charge in [0.2, 0.25) is 0 Å². The van der Waals surface area contributed by atoms with Crippen molar-refractivity contribution in [2.24, 2.45) is 4.99 Å². The van der Waals surface area contributed by atoms with Gasteiger partial charge in [-0.15, -0.1) is 0 Å². The summed E-state index contributed by atoms with van der Waals surface area (Å²) in [5.41, 5.74) is 0.650. The zero-order valence-corrected chi connectivity index (χ0v) is 10.4. The zero-order valence-electron chi connectivity index (χ0n) is 10.4. The molecule has 18 heavy (non-hydrogen) atoms. The van der Waals surface area contributed by atoms with Crippen LogP contribution in [0.1, 0.15) is 12.5 Å². The summed E-state index contributed by atoms with van der Waals surface area (Å²) in [6.07, 6.45) is 0. The van der Waals surface area contributed by atoms with E-state index in [2.05, 4.69) is 20.4 Å². The molecule has 2 N–H and O–H groups in total. The second-order valence-corrected chi connectivity index (χ2v) is 3.44. The highest BCUT2D eigenvalue weighted by Gasteiger charge is 2.09. The van der Waals surface area contributed by atoms with Gasteiger partial charge in [0.25, 0.3) is 0 Å². The van der Waals surface area contributed by atoms with Gasteiger partial charge in [0.15, 0.2) is 5.96 Å². The number of rotatable bonds is 5. The molecule has 6 heteroatoms. The molecule has 1 aromatic rings. The summed E-state index contributed by atoms with van der Waals surface area (Å²) in [6, 6.07) is 6.66. The number of ether oxygens (including phenoxy) is 1. The van der Waals surface area contributed by atoms with E-state index in [1.807, 2.05) is 6.92 Å². The van der Waals surface area contributed by atoms with Crippen LogP contribution in [0.5, 0.6) is 5.75 Å². The van der Waals surface area contributed by atoms with Gasteiger partial charge in [0, 0.05) is 25.7 Å². The number of hydrogen-bond acceptors (Lipinski definition) is 2. The highest BCUT2D eigenvalue weighted by molar-refractivity contribution is 5.79. The molecule has 0 radical (unpaired) electrons. The van der Waals surface area contributed by atoms with Gasteiger partial charge in [-0.25, -0.2) is 0 Å². The van der Waals surface area contributed by atoms with Gasteiger partial charge < -0.3 is 15.4 Å². The van der Waals surface area contributed by atoms with Crippen LogP contribution < -0.4 is 15.4 Å². The third-order valence-corrected chi connectivity index (χ3v) is 2.20. The largest absolute Gasteiger partial charge is 0.434 e. The second-order valence-electron chi connectivity index (χ2n) is 3.44. The minimum absolute atomic E-state index is 0.173. The van der Waals surface area contributed by atoms with Crippen LogP contribution >= 0.6 is 0 Å². The number of alkyl halides is 2. The first-order valence-electron chi connectivity index (χ1n) is 5.64. The number of hydrogen-bond donors (Lipinski definition) is 2. The maximum Gasteiger partial charge on any atom is 0.387 e. The fraction of sp³-hybridized carbons (Fsp3) is 0.417. The summed E-state index contributed by atoms with van der Waals surface area (Å²) in [6.45, 7) is 0.220. The lowest BCUT2D eigenvalue weighted by molar-refractivity contribution is -0.0504. The SMILES string of the molecule is CCNC(=NC)NCc1ccccc1OC(F)F. The van der Waals surface area contributed by atoms with E-state index >= 15 is 0 Å². The van der Waals surface area contributed by atoms with E-state index in [0.717, 1.165) is 6.54 Å². The predicted octanol–water partition coefficient (Wildman–Crippen LogP) is 1.97. The van der Waals surface area contributed by atoms with Crippen molar-refractivity contribution in [3.8, 4) is 5.75 Å². The molecule has 4 nitrogen and oxygen atoms in total. The number of para-hydroxylation sites is 1. The summed E-state index contributed by atoms with van der Waals surface area (Å²) in [4.78, 5) is 3.99. The highest BCUT2D eigenvalue weighted by Crippen LogP contribution is 2.19. The Hall–Kier alpha value is -1.85. The molecule has 0 aromatic heterocycles. The fourth-order valence-electron chi connectivity index (χ4n) is 1.43. The smallest absolute Gasteiger partial charge is 0.387 e. The maximum absolute atomic E-state index is 12.2. The molecule has 0 atom stereocenters. The molecule has 0 bridgehead atoms. The van der Waals surface area contributed by atoms with Gasteiger partial charge >= 0.3 is 6.61 Å². The summed E-state index contributed by atoms with van der Waals surface area (Å²) >= 11 is 0. The van der Waals surface area contributed by atoms with Crippen molar-refractivity contribution in [1.29, 1.82) is 0 Å². The molecule has 0 amide bonds. The summed E-state index contributed by atoms with van der Waals surface area (Å²) in [7, 11) is 1.65. The van der Waals surface area contributed by atoms with Crippen LogP contribution in [0.3, 0.4) is 0 Å². The van der Waals surface area contributed by atoms with Crippen LogP contribution in [0.4, 0.5) is 8.78 Å². The zero-order chi connectivity index (χ0) is 13.4. The average Bonchev–Trinajstić information content (AvgIpc) is 2.35. The topological polar surface area (TPSA) is 45.7 Å². The lowest BCUT2D eigenvalue weighted by atomic mass is 10.2. The Kier molecular flexibility index (Phi) is 5.90. The Labute approximate surface area is 105 Å². The van der Waals surface area contributed by atoms with Crippen molar-refractivity contribution in [3.63, 3.8) is 0 Å². The van der Waals surface area contributed by atoms with E-state index in [-0.39, 0.29) is 5.75 Å². The molecule has 1 rings (SSSR count). The molecule has 0 saturated heterocycles. The van der Waals surface area contributed by atoms with Crippen molar-refractivity contribution in [1.82, 2.24) is 10.6 Å². The summed E-state index contributed by atoms with van der Waals surface area (Å²) < 4.78 is 28.9. The van der Waals surface area contributed by atoms with Crippen LogP contribution in [0, 0.1) is 0 Å². The van der Waals surface area contributed by atoms with Crippen molar-refractivity contribution in [2.45, 2.75) is 20.1 Å². The van der Waals surface area contributed by atoms with E-state index in [1.165, 1.54) is 6.07 Å². The summed E-state index contributed by atoms with van der Waals surface area (Å²) in [5, 5.41) is 6.03. The average molecular weight is 257 g/mol. The van der Waals surface area contributed by atoms with Crippen LogP contribution in [0.25, 0.3) is 0 Å². The van der Waals surface area contributed by atoms with Gasteiger partial charge in [-0.05, 0) is 13.0 Å². The van der Waals surface area contributed by atoms with E-state index in [9.17, 15) is 8.78 Å². The van der Waals surface area contributed by atoms with Gasteiger partial charge in [-0.3, -0.25) is 4.99 Å². The summed E-state index contributed by atoms with van der Waals surface area (Å²) in [5.74, 6) is 0.788. The normalized spacial score (nSPS) is 11.5. The Bertz CT molecular complexity index is 397. The first-order valence-corrected chi connectivity index (χ1v) is 5.64. The Balaban J connectivity index is 2.66. The molecule has 1 aromatic carbocycles. The van der Waals surface area contributed by atoms with Gasteiger partial charge in [0.1, 0.15) is 5.75 Å². The van der Waals surface area contributed by atoms with Crippen LogP contribution in [-0.2, 0) is 6.54 Å². The van der Waals surface area contributed by atoms with E-state index in [4.69, 9.17) is 0 Å². The molecule has 100 valence electrons. The third kappa shape index (κ3) is 4.57. The van der Waals surface area contributed by atoms with Crippen LogP contribution in [-0.4, -0.2) is 26.2 Å². The molecule has 0 fully saturated rings. The first-order chi connectivity index (χ1) is 8.67. The molecule has 0 aliphatic heterocycles. The number of aliphatic imine (C=N–C) groups is 1. The number of benzene rings is 1. The van der Waals surface area contributed by atoms with Crippen molar-refractivity contribution >= 4 is 5.96 Å². The third-order valence-electron chi connectivity index (χ3n) is 2.20. The predicted molar refractivity (Wildman–Crippen MR) is 66.9 cm³/mol. The van der Waals surface area contributed by atoms with Crippen molar-refractivity contribution in [2.75, 3.05) is 13.6 Å². The Morgan fingerprint density at radius 2 is 2.06 bits per heavy atom. The molecular weight excluding hydrogens is 240 g/mol. The molecule has 0 saturated carbocycles. The molecule has 0 spiro atoms. The quantitative estimate of drug-likeness (QED) is 0.626.